The van der Waals surface area contributed by atoms with Crippen molar-refractivity contribution in [3.8, 4) is 5.88 Å². The molecule has 1 unspecified atom stereocenters. The van der Waals surface area contributed by atoms with E-state index in [1.54, 1.807) is 12.1 Å². The highest BCUT2D eigenvalue weighted by atomic mass is 32.2. The second-order valence-corrected chi connectivity index (χ2v) is 7.04. The number of ether oxygens (including phenoxy) is 1. The van der Waals surface area contributed by atoms with Gasteiger partial charge in [-0.05, 0) is 12.1 Å². The van der Waals surface area contributed by atoms with Gasteiger partial charge >= 0.3 is 0 Å². The van der Waals surface area contributed by atoms with Gasteiger partial charge in [-0.15, -0.1) is 0 Å². The number of rotatable bonds is 5. The summed E-state index contributed by atoms with van der Waals surface area (Å²) in [7, 11) is -1.28. The second-order valence-electron chi connectivity index (χ2n) is 5.13. The molecule has 3 rings (SSSR count). The van der Waals surface area contributed by atoms with Gasteiger partial charge in [0, 0.05) is 25.7 Å². The van der Waals surface area contributed by atoms with Crippen LogP contribution in [0.15, 0.2) is 35.5 Å². The maximum absolute atomic E-state index is 13.1. The summed E-state index contributed by atoms with van der Waals surface area (Å²) < 4.78 is 58.0. The van der Waals surface area contributed by atoms with Gasteiger partial charge in [0.25, 0.3) is 15.9 Å². The van der Waals surface area contributed by atoms with Gasteiger partial charge in [0.05, 0.1) is 7.11 Å². The Balaban J connectivity index is 1.89. The van der Waals surface area contributed by atoms with Crippen LogP contribution >= 0.6 is 0 Å². The first kappa shape index (κ1) is 15.7. The molecule has 1 saturated carbocycles. The number of hydrogen-bond acceptors (Lipinski definition) is 5. The van der Waals surface area contributed by atoms with Crippen LogP contribution in [-0.2, 0) is 10.0 Å². The number of pyridine rings is 1. The van der Waals surface area contributed by atoms with Gasteiger partial charge in [0.1, 0.15) is 11.9 Å². The number of halogens is 2. The lowest BCUT2D eigenvalue weighted by molar-refractivity contribution is 0.0981. The van der Waals surface area contributed by atoms with Crippen LogP contribution in [0.5, 0.6) is 5.88 Å². The minimum absolute atomic E-state index is 0.135. The molecule has 0 spiro atoms. The zero-order valence-corrected chi connectivity index (χ0v) is 13.2. The van der Waals surface area contributed by atoms with Crippen LogP contribution in [-0.4, -0.2) is 43.3 Å². The third kappa shape index (κ3) is 2.74. The number of aromatic nitrogens is 3. The normalized spacial score (nSPS) is 19.4. The summed E-state index contributed by atoms with van der Waals surface area (Å²) in [5.41, 5.74) is 0. The van der Waals surface area contributed by atoms with E-state index >= 15 is 0 Å². The van der Waals surface area contributed by atoms with Gasteiger partial charge in [-0.25, -0.2) is 8.78 Å². The van der Waals surface area contributed by atoms with Gasteiger partial charge in [-0.1, -0.05) is 6.07 Å². The highest BCUT2D eigenvalue weighted by Crippen LogP contribution is 2.52. The molecular formula is C13H14F2N4O3S. The van der Waals surface area contributed by atoms with Crippen LogP contribution in [0.25, 0.3) is 0 Å². The quantitative estimate of drug-likeness (QED) is 0.825. The molecule has 2 heterocycles. The van der Waals surface area contributed by atoms with Crippen LogP contribution in [0, 0.1) is 0 Å². The first-order valence-electron chi connectivity index (χ1n) is 6.68. The van der Waals surface area contributed by atoms with Crippen molar-refractivity contribution in [3.05, 3.63) is 30.5 Å². The second kappa shape index (κ2) is 5.15. The largest absolute Gasteiger partial charge is 0.481 e. The third-order valence-electron chi connectivity index (χ3n) is 3.56. The van der Waals surface area contributed by atoms with E-state index < -0.39 is 22.0 Å². The molecule has 1 aliphatic carbocycles. The molecule has 1 atom stereocenters. The molecule has 0 radical (unpaired) electrons. The Labute approximate surface area is 131 Å². The molecule has 0 saturated heterocycles. The van der Waals surface area contributed by atoms with Crippen LogP contribution in [0.2, 0.25) is 0 Å². The molecule has 124 valence electrons. The lowest BCUT2D eigenvalue weighted by Crippen LogP contribution is -2.28. The summed E-state index contributed by atoms with van der Waals surface area (Å²) in [5, 5.41) is 3.46. The Morgan fingerprint density at radius 1 is 1.39 bits per heavy atom. The van der Waals surface area contributed by atoms with E-state index in [2.05, 4.69) is 10.1 Å². The minimum Gasteiger partial charge on any atom is -0.481 e. The fourth-order valence-corrected chi connectivity index (χ4v) is 3.13. The molecule has 2 aromatic rings. The topological polar surface area (TPSA) is 77.3 Å². The van der Waals surface area contributed by atoms with Crippen molar-refractivity contribution in [1.82, 2.24) is 14.8 Å². The third-order valence-corrected chi connectivity index (χ3v) is 5.22. The molecule has 0 aromatic carbocycles. The predicted octanol–water partition coefficient (Wildman–Crippen LogP) is 1.69. The van der Waals surface area contributed by atoms with Crippen molar-refractivity contribution in [1.29, 1.82) is 0 Å². The number of methoxy groups -OCH3 is 1. The van der Waals surface area contributed by atoms with E-state index in [4.69, 9.17) is 4.74 Å². The van der Waals surface area contributed by atoms with E-state index in [1.807, 2.05) is 0 Å². The molecule has 0 aliphatic heterocycles. The van der Waals surface area contributed by atoms with E-state index in [0.717, 1.165) is 8.99 Å². The Morgan fingerprint density at radius 3 is 2.70 bits per heavy atom. The standard InChI is InChI=1S/C13H14F2N4O3S/c1-18(10-4-3-5-11(16-10)22-2)23(20,21)12-6-7-19(17-12)9-8-13(9,14)15/h3-7,9H,8H2,1-2H3. The van der Waals surface area contributed by atoms with Crippen molar-refractivity contribution in [2.24, 2.45) is 0 Å². The zero-order chi connectivity index (χ0) is 16.8. The SMILES string of the molecule is COc1cccc(N(C)S(=O)(=O)c2ccn(C3CC3(F)F)n2)n1. The number of anilines is 1. The van der Waals surface area contributed by atoms with Gasteiger partial charge in [0.15, 0.2) is 5.03 Å². The van der Waals surface area contributed by atoms with E-state index in [1.165, 1.54) is 32.5 Å². The average molecular weight is 344 g/mol. The van der Waals surface area contributed by atoms with Crippen molar-refractivity contribution in [3.63, 3.8) is 0 Å². The molecule has 0 amide bonds. The van der Waals surface area contributed by atoms with Crippen LogP contribution in [0.4, 0.5) is 14.6 Å². The Morgan fingerprint density at radius 2 is 2.09 bits per heavy atom. The Bertz CT molecular complexity index is 837. The molecule has 0 N–H and O–H groups in total. The number of alkyl halides is 2. The molecule has 0 bridgehead atoms. The molecule has 1 aliphatic rings. The molecule has 2 aromatic heterocycles. The summed E-state index contributed by atoms with van der Waals surface area (Å²) in [6.07, 6.45) is 0.909. The fraction of sp³-hybridized carbons (Fsp3) is 0.385. The molecule has 10 heteroatoms. The monoisotopic (exact) mass is 344 g/mol. The molecule has 7 nitrogen and oxygen atoms in total. The maximum atomic E-state index is 13.1. The lowest BCUT2D eigenvalue weighted by atomic mass is 10.4. The zero-order valence-electron chi connectivity index (χ0n) is 12.3. The van der Waals surface area contributed by atoms with Crippen molar-refractivity contribution < 1.29 is 21.9 Å². The smallest absolute Gasteiger partial charge is 0.284 e. The van der Waals surface area contributed by atoms with E-state index in [9.17, 15) is 17.2 Å². The molecule has 23 heavy (non-hydrogen) atoms. The Hall–Kier alpha value is -2.23. The van der Waals surface area contributed by atoms with E-state index in [-0.39, 0.29) is 23.1 Å². The summed E-state index contributed by atoms with van der Waals surface area (Å²) in [6, 6.07) is 4.78. The maximum Gasteiger partial charge on any atom is 0.284 e. The fourth-order valence-electron chi connectivity index (χ4n) is 2.07. The van der Waals surface area contributed by atoms with Gasteiger partial charge in [0.2, 0.25) is 5.88 Å². The number of sulfonamides is 1. The van der Waals surface area contributed by atoms with Gasteiger partial charge < -0.3 is 4.74 Å². The van der Waals surface area contributed by atoms with Gasteiger partial charge in [-0.2, -0.15) is 18.5 Å². The van der Waals surface area contributed by atoms with Crippen molar-refractivity contribution >= 4 is 15.8 Å². The molecular weight excluding hydrogens is 330 g/mol. The summed E-state index contributed by atoms with van der Waals surface area (Å²) in [5.74, 6) is -2.43. The highest BCUT2D eigenvalue weighted by Gasteiger charge is 2.59. The van der Waals surface area contributed by atoms with Crippen LogP contribution in [0.1, 0.15) is 12.5 Å². The summed E-state index contributed by atoms with van der Waals surface area (Å²) >= 11 is 0. The van der Waals surface area contributed by atoms with Crippen molar-refractivity contribution in [2.45, 2.75) is 23.4 Å². The molecule has 1 fully saturated rings. The number of nitrogens with zero attached hydrogens (tertiary/aromatic N) is 4. The van der Waals surface area contributed by atoms with Crippen LogP contribution in [0.3, 0.4) is 0 Å². The van der Waals surface area contributed by atoms with E-state index in [0.29, 0.717) is 0 Å². The minimum atomic E-state index is -4.00. The van der Waals surface area contributed by atoms with Gasteiger partial charge in [-0.3, -0.25) is 8.99 Å². The average Bonchev–Trinajstić information content (AvgIpc) is 2.95. The lowest BCUT2D eigenvalue weighted by Gasteiger charge is -2.17. The summed E-state index contributed by atoms with van der Waals surface area (Å²) in [6.45, 7) is 0. The predicted molar refractivity (Wildman–Crippen MR) is 77.2 cm³/mol. The van der Waals surface area contributed by atoms with Crippen molar-refractivity contribution in [2.75, 3.05) is 18.5 Å². The Kier molecular flexibility index (Phi) is 3.51. The highest BCUT2D eigenvalue weighted by molar-refractivity contribution is 7.92. The first-order chi connectivity index (χ1) is 10.8. The van der Waals surface area contributed by atoms with Crippen LogP contribution < -0.4 is 9.04 Å². The number of hydrogen-bond donors (Lipinski definition) is 0. The first-order valence-corrected chi connectivity index (χ1v) is 8.12. The summed E-state index contributed by atoms with van der Waals surface area (Å²) in [4.78, 5) is 4.03.